The first-order valence-electron chi connectivity index (χ1n) is 2.87. The lowest BCUT2D eigenvalue weighted by molar-refractivity contribution is -0.115. The molecule has 0 aliphatic carbocycles. The van der Waals surface area contributed by atoms with Crippen LogP contribution in [0, 0.1) is 0 Å². The quantitative estimate of drug-likeness (QED) is 0.557. The Hall–Kier alpha value is -0.350. The van der Waals surface area contributed by atoms with Crippen molar-refractivity contribution < 1.29 is 4.79 Å². The highest BCUT2D eigenvalue weighted by atomic mass is 32.2. The summed E-state index contributed by atoms with van der Waals surface area (Å²) in [7, 11) is 0. The van der Waals surface area contributed by atoms with E-state index in [4.69, 9.17) is 0 Å². The summed E-state index contributed by atoms with van der Waals surface area (Å²) in [5, 5.41) is 1.98. The van der Waals surface area contributed by atoms with Crippen LogP contribution in [-0.4, -0.2) is 11.7 Å². The number of nitrogens with one attached hydrogen (secondary N) is 1. The summed E-state index contributed by atoms with van der Waals surface area (Å²) in [4.78, 5) is 12.1. The third-order valence-electron chi connectivity index (χ3n) is 1.35. The Morgan fingerprint density at radius 2 is 2.50 bits per heavy atom. The van der Waals surface area contributed by atoms with Gasteiger partial charge in [-0.25, -0.2) is 0 Å². The Labute approximate surface area is 67.3 Å². The normalized spacial score (nSPS) is 23.0. The van der Waals surface area contributed by atoms with Crippen LogP contribution in [0.3, 0.4) is 0 Å². The molecule has 4 heteroatoms. The second kappa shape index (κ2) is 2.36. The van der Waals surface area contributed by atoms with Gasteiger partial charge in [0.15, 0.2) is 0 Å². The van der Waals surface area contributed by atoms with E-state index in [9.17, 15) is 4.79 Å². The van der Waals surface area contributed by atoms with Gasteiger partial charge in [0.25, 0.3) is 5.91 Å². The third-order valence-corrected chi connectivity index (χ3v) is 3.14. The largest absolute Gasteiger partial charge is 0.292 e. The Bertz CT molecular complexity index is 244. The molecule has 0 bridgehead atoms. The lowest BCUT2D eigenvalue weighted by Crippen LogP contribution is -2.19. The number of amides is 1. The van der Waals surface area contributed by atoms with Crippen LogP contribution >= 0.6 is 23.7 Å². The fraction of sp³-hybridized carbons (Fsp3) is 0.167. The first-order chi connectivity index (χ1) is 4.88. The van der Waals surface area contributed by atoms with Crippen LogP contribution in [0.15, 0.2) is 22.0 Å². The monoisotopic (exact) mass is 171 g/mol. The van der Waals surface area contributed by atoms with Gasteiger partial charge in [-0.3, -0.25) is 9.52 Å². The van der Waals surface area contributed by atoms with E-state index < -0.39 is 0 Å². The van der Waals surface area contributed by atoms with Crippen LogP contribution in [0.25, 0.3) is 0 Å². The third kappa shape index (κ3) is 0.876. The minimum absolute atomic E-state index is 0.0486. The van der Waals surface area contributed by atoms with E-state index in [1.54, 1.807) is 11.8 Å². The van der Waals surface area contributed by atoms with Crippen LogP contribution in [0.2, 0.25) is 0 Å². The van der Waals surface area contributed by atoms with Crippen molar-refractivity contribution in [2.45, 2.75) is 0 Å². The number of thioether (sulfide) groups is 1. The van der Waals surface area contributed by atoms with Gasteiger partial charge in [0.1, 0.15) is 0 Å². The maximum Gasteiger partial charge on any atom is 0.262 e. The maximum atomic E-state index is 11.0. The highest BCUT2D eigenvalue weighted by molar-refractivity contribution is 8.06. The lowest BCUT2D eigenvalue weighted by Gasteiger charge is -2.09. The zero-order valence-corrected chi connectivity index (χ0v) is 6.72. The molecule has 0 saturated heterocycles. The molecule has 0 atom stereocenters. The number of hydrogen-bond acceptors (Lipinski definition) is 3. The zero-order valence-electron chi connectivity index (χ0n) is 5.09. The van der Waals surface area contributed by atoms with Gasteiger partial charge in [-0.2, -0.15) is 0 Å². The van der Waals surface area contributed by atoms with Crippen LogP contribution in [0.1, 0.15) is 0 Å². The smallest absolute Gasteiger partial charge is 0.262 e. The molecule has 1 N–H and O–H groups in total. The second-order valence-electron chi connectivity index (χ2n) is 1.96. The standard InChI is InChI=1S/C6H5NOS2/c8-6-4-1-2-9-5(4)3-10-7-6/h1,3H,2H2,(H,7,8). The number of carbonyl (C=O) groups excluding carboxylic acids is 1. The molecule has 2 aliphatic rings. The average molecular weight is 171 g/mol. The molecule has 52 valence electrons. The van der Waals surface area contributed by atoms with E-state index in [-0.39, 0.29) is 5.91 Å². The summed E-state index contributed by atoms with van der Waals surface area (Å²) in [6, 6.07) is 0. The van der Waals surface area contributed by atoms with Gasteiger partial charge in [-0.1, -0.05) is 6.08 Å². The highest BCUT2D eigenvalue weighted by Crippen LogP contribution is 2.35. The molecule has 0 fully saturated rings. The fourth-order valence-corrected chi connectivity index (χ4v) is 2.57. The lowest BCUT2D eigenvalue weighted by atomic mass is 10.2. The number of carbonyl (C=O) groups is 1. The molecule has 0 radical (unpaired) electrons. The van der Waals surface area contributed by atoms with Crippen molar-refractivity contribution in [2.75, 3.05) is 5.75 Å². The summed E-state index contributed by atoms with van der Waals surface area (Å²) in [6.45, 7) is 0. The molecule has 0 unspecified atom stereocenters. The fourth-order valence-electron chi connectivity index (χ4n) is 0.887. The molecule has 2 aliphatic heterocycles. The number of hydrogen-bond donors (Lipinski definition) is 1. The molecule has 10 heavy (non-hydrogen) atoms. The molecule has 0 aromatic heterocycles. The molecule has 2 nitrogen and oxygen atoms in total. The zero-order chi connectivity index (χ0) is 6.97. The minimum atomic E-state index is 0.0486. The maximum absolute atomic E-state index is 11.0. The van der Waals surface area contributed by atoms with Crippen LogP contribution in [-0.2, 0) is 4.79 Å². The predicted molar refractivity (Wildman–Crippen MR) is 44.4 cm³/mol. The predicted octanol–water partition coefficient (Wildman–Crippen LogP) is 1.28. The molecular weight excluding hydrogens is 166 g/mol. The van der Waals surface area contributed by atoms with E-state index in [0.29, 0.717) is 0 Å². The summed E-state index contributed by atoms with van der Waals surface area (Å²) < 4.78 is 2.67. The van der Waals surface area contributed by atoms with E-state index in [1.165, 1.54) is 11.9 Å². The minimum Gasteiger partial charge on any atom is -0.292 e. The molecule has 2 rings (SSSR count). The topological polar surface area (TPSA) is 29.1 Å². The summed E-state index contributed by atoms with van der Waals surface area (Å²) in [5.41, 5.74) is 0.851. The number of rotatable bonds is 0. The Balaban J connectivity index is 2.40. The molecule has 0 aromatic carbocycles. The van der Waals surface area contributed by atoms with Crippen LogP contribution < -0.4 is 4.72 Å². The summed E-state index contributed by atoms with van der Waals surface area (Å²) in [6.07, 6.45) is 1.96. The first-order valence-corrected chi connectivity index (χ1v) is 4.74. The molecule has 2 heterocycles. The van der Waals surface area contributed by atoms with Crippen molar-refractivity contribution in [3.63, 3.8) is 0 Å². The van der Waals surface area contributed by atoms with Crippen molar-refractivity contribution >= 4 is 29.6 Å². The highest BCUT2D eigenvalue weighted by Gasteiger charge is 2.22. The second-order valence-corrected chi connectivity index (χ2v) is 3.70. The van der Waals surface area contributed by atoms with E-state index in [2.05, 4.69) is 4.72 Å². The van der Waals surface area contributed by atoms with E-state index in [1.807, 2.05) is 11.5 Å². The molecule has 1 amide bonds. The molecule has 0 aromatic rings. The van der Waals surface area contributed by atoms with E-state index in [0.717, 1.165) is 16.2 Å². The first kappa shape index (κ1) is 6.37. The van der Waals surface area contributed by atoms with Gasteiger partial charge in [0.2, 0.25) is 0 Å². The Morgan fingerprint density at radius 3 is 3.30 bits per heavy atom. The SMILES string of the molecule is O=C1NSC=C2SCC=C12. The van der Waals surface area contributed by atoms with Crippen molar-refractivity contribution in [1.82, 2.24) is 4.72 Å². The van der Waals surface area contributed by atoms with Crippen molar-refractivity contribution in [1.29, 1.82) is 0 Å². The average Bonchev–Trinajstić information content (AvgIpc) is 2.36. The van der Waals surface area contributed by atoms with Gasteiger partial charge in [0.05, 0.1) is 5.57 Å². The Morgan fingerprint density at radius 1 is 1.60 bits per heavy atom. The summed E-state index contributed by atoms with van der Waals surface area (Å²) in [5.74, 6) is 0.988. The van der Waals surface area contributed by atoms with Crippen LogP contribution in [0.5, 0.6) is 0 Å². The molecule has 0 saturated carbocycles. The summed E-state index contributed by atoms with van der Waals surface area (Å²) >= 11 is 3.07. The van der Waals surface area contributed by atoms with Crippen molar-refractivity contribution in [3.8, 4) is 0 Å². The van der Waals surface area contributed by atoms with Gasteiger partial charge in [-0.15, -0.1) is 11.8 Å². The Kier molecular flexibility index (Phi) is 1.50. The molecule has 0 spiro atoms. The van der Waals surface area contributed by atoms with Crippen molar-refractivity contribution in [3.05, 3.63) is 22.0 Å². The van der Waals surface area contributed by atoms with Crippen LogP contribution in [0.4, 0.5) is 0 Å². The number of fused-ring (bicyclic) bond motifs is 1. The van der Waals surface area contributed by atoms with Gasteiger partial charge in [0, 0.05) is 16.1 Å². The van der Waals surface area contributed by atoms with Gasteiger partial charge >= 0.3 is 0 Å². The van der Waals surface area contributed by atoms with Gasteiger partial charge < -0.3 is 0 Å². The van der Waals surface area contributed by atoms with Gasteiger partial charge in [-0.05, 0) is 11.9 Å². The molecular formula is C6H5NOS2. The van der Waals surface area contributed by atoms with E-state index >= 15 is 0 Å². The van der Waals surface area contributed by atoms with Crippen molar-refractivity contribution in [2.24, 2.45) is 0 Å².